The molecule has 1 amide bonds. The summed E-state index contributed by atoms with van der Waals surface area (Å²) in [5.74, 6) is -3.43. The number of amides is 1. The van der Waals surface area contributed by atoms with Gasteiger partial charge in [-0.3, -0.25) is 19.7 Å². The fourth-order valence-corrected chi connectivity index (χ4v) is 2.84. The molecule has 2 aliphatic heterocycles. The van der Waals surface area contributed by atoms with E-state index in [0.717, 1.165) is 0 Å². The molecule has 22 heavy (non-hydrogen) atoms. The van der Waals surface area contributed by atoms with Gasteiger partial charge in [0.15, 0.2) is 0 Å². The molecule has 2 heterocycles. The number of benzene rings is 1. The van der Waals surface area contributed by atoms with Crippen molar-refractivity contribution < 1.29 is 24.4 Å². The minimum absolute atomic E-state index is 0.156. The number of carboxylic acids is 1. The molecule has 4 atom stereocenters. The Morgan fingerprint density at radius 2 is 1.91 bits per heavy atom. The van der Waals surface area contributed by atoms with Crippen LogP contribution in [0.5, 0.6) is 0 Å². The fourth-order valence-electron chi connectivity index (χ4n) is 2.84. The van der Waals surface area contributed by atoms with Crippen molar-refractivity contribution in [2.45, 2.75) is 12.2 Å². The number of hydrogen-bond acceptors (Lipinski definition) is 5. The molecule has 0 unspecified atom stereocenters. The van der Waals surface area contributed by atoms with Crippen molar-refractivity contribution in [3.8, 4) is 0 Å². The average molecular weight is 304 g/mol. The van der Waals surface area contributed by atoms with Crippen molar-refractivity contribution in [2.24, 2.45) is 11.8 Å². The zero-order valence-electron chi connectivity index (χ0n) is 11.2. The van der Waals surface area contributed by atoms with Gasteiger partial charge < -0.3 is 15.2 Å². The summed E-state index contributed by atoms with van der Waals surface area (Å²) in [6, 6.07) is 5.47. The lowest BCUT2D eigenvalue weighted by molar-refractivity contribution is -0.384. The molecule has 1 fully saturated rings. The minimum atomic E-state index is -1.10. The Balaban J connectivity index is 1.80. The Hall–Kier alpha value is -2.74. The summed E-state index contributed by atoms with van der Waals surface area (Å²) in [6.45, 7) is 0. The first-order valence-electron chi connectivity index (χ1n) is 6.59. The van der Waals surface area contributed by atoms with E-state index in [4.69, 9.17) is 4.74 Å². The highest BCUT2D eigenvalue weighted by Gasteiger charge is 2.53. The summed E-state index contributed by atoms with van der Waals surface area (Å²) in [5.41, 5.74) is 0.0896. The largest absolute Gasteiger partial charge is 0.481 e. The Kier molecular flexibility index (Phi) is 3.38. The maximum Gasteiger partial charge on any atom is 0.310 e. The van der Waals surface area contributed by atoms with Gasteiger partial charge in [-0.2, -0.15) is 0 Å². The second-order valence-corrected chi connectivity index (χ2v) is 5.14. The van der Waals surface area contributed by atoms with Crippen LogP contribution < -0.4 is 5.32 Å². The molecule has 114 valence electrons. The number of hydrogen-bond donors (Lipinski definition) is 2. The van der Waals surface area contributed by atoms with E-state index in [0.29, 0.717) is 0 Å². The van der Waals surface area contributed by atoms with Gasteiger partial charge >= 0.3 is 5.97 Å². The SMILES string of the molecule is O=C(O)[C@H]1[C@H](C(=O)Nc2cccc([N+](=O)[O-])c2)[C@H]2C=C[C@H]1O2. The molecular formula is C14H12N2O6. The van der Waals surface area contributed by atoms with Crippen molar-refractivity contribution in [1.29, 1.82) is 0 Å². The van der Waals surface area contributed by atoms with Crippen LogP contribution in [-0.4, -0.2) is 34.1 Å². The third-order valence-electron chi connectivity index (χ3n) is 3.81. The first-order valence-corrected chi connectivity index (χ1v) is 6.59. The zero-order chi connectivity index (χ0) is 15.9. The summed E-state index contributed by atoms with van der Waals surface area (Å²) < 4.78 is 5.42. The molecule has 3 rings (SSSR count). The van der Waals surface area contributed by atoms with Gasteiger partial charge in [0.25, 0.3) is 5.69 Å². The first-order chi connectivity index (χ1) is 10.5. The third-order valence-corrected chi connectivity index (χ3v) is 3.81. The summed E-state index contributed by atoms with van der Waals surface area (Å²) >= 11 is 0. The molecule has 2 bridgehead atoms. The number of nitrogens with zero attached hydrogens (tertiary/aromatic N) is 1. The predicted molar refractivity (Wildman–Crippen MR) is 74.1 cm³/mol. The average Bonchev–Trinajstić information content (AvgIpc) is 3.07. The number of carbonyl (C=O) groups excluding carboxylic acids is 1. The Labute approximate surface area is 124 Å². The fraction of sp³-hybridized carbons (Fsp3) is 0.286. The van der Waals surface area contributed by atoms with Crippen molar-refractivity contribution in [1.82, 2.24) is 0 Å². The van der Waals surface area contributed by atoms with E-state index in [2.05, 4.69) is 5.32 Å². The molecule has 1 saturated heterocycles. The van der Waals surface area contributed by atoms with Crippen LogP contribution in [0.3, 0.4) is 0 Å². The number of non-ortho nitro benzene ring substituents is 1. The quantitative estimate of drug-likeness (QED) is 0.490. The molecule has 8 nitrogen and oxygen atoms in total. The molecule has 0 spiro atoms. The summed E-state index contributed by atoms with van der Waals surface area (Å²) in [4.78, 5) is 33.8. The topological polar surface area (TPSA) is 119 Å². The lowest BCUT2D eigenvalue weighted by atomic mass is 9.82. The lowest BCUT2D eigenvalue weighted by Gasteiger charge is -2.20. The number of carboxylic acid groups (broad SMARTS) is 1. The van der Waals surface area contributed by atoms with Crippen LogP contribution in [0.2, 0.25) is 0 Å². The van der Waals surface area contributed by atoms with Crippen molar-refractivity contribution in [3.05, 3.63) is 46.5 Å². The molecule has 1 aromatic rings. The van der Waals surface area contributed by atoms with Gasteiger partial charge in [-0.1, -0.05) is 18.2 Å². The highest BCUT2D eigenvalue weighted by atomic mass is 16.6. The van der Waals surface area contributed by atoms with Crippen LogP contribution >= 0.6 is 0 Å². The molecule has 0 saturated carbocycles. The van der Waals surface area contributed by atoms with Crippen LogP contribution in [0.4, 0.5) is 11.4 Å². The molecule has 8 heteroatoms. The Morgan fingerprint density at radius 1 is 1.23 bits per heavy atom. The maximum atomic E-state index is 12.3. The lowest BCUT2D eigenvalue weighted by Crippen LogP contribution is -2.39. The van der Waals surface area contributed by atoms with E-state index in [1.165, 1.54) is 24.3 Å². The van der Waals surface area contributed by atoms with E-state index in [-0.39, 0.29) is 11.4 Å². The number of ether oxygens (including phenoxy) is 1. The van der Waals surface area contributed by atoms with Gasteiger partial charge in [0, 0.05) is 17.8 Å². The maximum absolute atomic E-state index is 12.3. The number of carbonyl (C=O) groups is 2. The van der Waals surface area contributed by atoms with Crippen LogP contribution in [-0.2, 0) is 14.3 Å². The zero-order valence-corrected chi connectivity index (χ0v) is 11.2. The van der Waals surface area contributed by atoms with E-state index in [1.54, 1.807) is 12.2 Å². The second kappa shape index (κ2) is 5.23. The monoisotopic (exact) mass is 304 g/mol. The molecule has 2 aliphatic rings. The summed E-state index contributed by atoms with van der Waals surface area (Å²) in [6.07, 6.45) is 2.12. The van der Waals surface area contributed by atoms with E-state index in [9.17, 15) is 24.8 Å². The van der Waals surface area contributed by atoms with Crippen molar-refractivity contribution in [2.75, 3.05) is 5.32 Å². The van der Waals surface area contributed by atoms with E-state index < -0.39 is 40.8 Å². The van der Waals surface area contributed by atoms with Gasteiger partial charge in [-0.25, -0.2) is 0 Å². The van der Waals surface area contributed by atoms with Crippen molar-refractivity contribution >= 4 is 23.3 Å². The highest BCUT2D eigenvalue weighted by molar-refractivity contribution is 5.96. The number of nitro groups is 1. The molecule has 0 aromatic heterocycles. The minimum Gasteiger partial charge on any atom is -0.481 e. The molecular weight excluding hydrogens is 292 g/mol. The summed E-state index contributed by atoms with van der Waals surface area (Å²) in [7, 11) is 0. The molecule has 0 radical (unpaired) electrons. The normalized spacial score (nSPS) is 28.5. The van der Waals surface area contributed by atoms with Crippen LogP contribution in [0, 0.1) is 22.0 Å². The highest BCUT2D eigenvalue weighted by Crippen LogP contribution is 2.39. The summed E-state index contributed by atoms with van der Waals surface area (Å²) in [5, 5.41) is 22.5. The Bertz CT molecular complexity index is 686. The predicted octanol–water partition coefficient (Wildman–Crippen LogP) is 1.19. The number of fused-ring (bicyclic) bond motifs is 2. The number of nitro benzene ring substituents is 1. The van der Waals surface area contributed by atoms with Gasteiger partial charge in [0.2, 0.25) is 5.91 Å². The standard InChI is InChI=1S/C14H12N2O6/c17-13(15-7-2-1-3-8(6-7)16(20)21)11-9-4-5-10(22-9)12(11)14(18)19/h1-6,9-12H,(H,15,17)(H,18,19)/t9-,10-,11-,12-/m1/s1. The third kappa shape index (κ3) is 2.33. The van der Waals surface area contributed by atoms with Gasteiger partial charge in [0.05, 0.1) is 23.0 Å². The smallest absolute Gasteiger partial charge is 0.310 e. The van der Waals surface area contributed by atoms with Crippen LogP contribution in [0.15, 0.2) is 36.4 Å². The van der Waals surface area contributed by atoms with Gasteiger partial charge in [-0.15, -0.1) is 0 Å². The number of anilines is 1. The Morgan fingerprint density at radius 3 is 2.55 bits per heavy atom. The van der Waals surface area contributed by atoms with Gasteiger partial charge in [-0.05, 0) is 6.07 Å². The second-order valence-electron chi connectivity index (χ2n) is 5.14. The molecule has 0 aliphatic carbocycles. The van der Waals surface area contributed by atoms with Crippen LogP contribution in [0.1, 0.15) is 0 Å². The molecule has 1 aromatic carbocycles. The van der Waals surface area contributed by atoms with E-state index >= 15 is 0 Å². The molecule has 2 N–H and O–H groups in total. The van der Waals surface area contributed by atoms with Gasteiger partial charge in [0.1, 0.15) is 5.92 Å². The number of rotatable bonds is 4. The van der Waals surface area contributed by atoms with Crippen LogP contribution in [0.25, 0.3) is 0 Å². The number of aliphatic carboxylic acids is 1. The van der Waals surface area contributed by atoms with Crippen molar-refractivity contribution in [3.63, 3.8) is 0 Å². The van der Waals surface area contributed by atoms with E-state index in [1.807, 2.05) is 0 Å². The first kappa shape index (κ1) is 14.2. The number of nitrogens with one attached hydrogen (secondary N) is 1.